The van der Waals surface area contributed by atoms with Crippen molar-refractivity contribution < 1.29 is 31.1 Å². The first-order valence-electron chi connectivity index (χ1n) is 7.11. The topological polar surface area (TPSA) is 72.5 Å². The van der Waals surface area contributed by atoms with Crippen molar-refractivity contribution in [2.24, 2.45) is 0 Å². The Bertz CT molecular complexity index is 929. The fourth-order valence-electron chi connectivity index (χ4n) is 2.02. The summed E-state index contributed by atoms with van der Waals surface area (Å²) in [4.78, 5) is 11.8. The summed E-state index contributed by atoms with van der Waals surface area (Å²) in [6.07, 6.45) is -4.51. The van der Waals surface area contributed by atoms with E-state index in [1.807, 2.05) is 0 Å². The van der Waals surface area contributed by atoms with Gasteiger partial charge in [0.25, 0.3) is 0 Å². The van der Waals surface area contributed by atoms with Crippen LogP contribution in [-0.4, -0.2) is 21.4 Å². The molecular formula is C16H13ClF3NO4S. The predicted molar refractivity (Wildman–Crippen MR) is 88.3 cm³/mol. The first kappa shape index (κ1) is 20.2. The zero-order valence-electron chi connectivity index (χ0n) is 13.3. The summed E-state index contributed by atoms with van der Waals surface area (Å²) in [5.74, 6) is -0.897. The Labute approximate surface area is 152 Å². The molecule has 0 radical (unpaired) electrons. The molecule has 0 amide bonds. The molecule has 0 saturated heterocycles. The van der Waals surface area contributed by atoms with E-state index < -0.39 is 34.3 Å². The van der Waals surface area contributed by atoms with E-state index in [0.717, 1.165) is 18.2 Å². The largest absolute Gasteiger partial charge is 0.457 e. The number of sulfonamides is 1. The maximum absolute atomic E-state index is 12.7. The summed E-state index contributed by atoms with van der Waals surface area (Å²) >= 11 is 5.82. The number of halogens is 4. The summed E-state index contributed by atoms with van der Waals surface area (Å²) in [5, 5.41) is -0.0891. The fourth-order valence-corrected chi connectivity index (χ4v) is 3.26. The van der Waals surface area contributed by atoms with Gasteiger partial charge in [-0.1, -0.05) is 23.7 Å². The van der Waals surface area contributed by atoms with Crippen LogP contribution in [-0.2, 0) is 27.5 Å². The highest BCUT2D eigenvalue weighted by Gasteiger charge is 2.30. The van der Waals surface area contributed by atoms with Crippen molar-refractivity contribution in [2.45, 2.75) is 17.7 Å². The molecule has 0 spiro atoms. The van der Waals surface area contributed by atoms with Gasteiger partial charge in [0.15, 0.2) is 0 Å². The average Bonchev–Trinajstić information content (AvgIpc) is 2.59. The summed E-state index contributed by atoms with van der Waals surface area (Å²) in [7, 11) is -2.70. The van der Waals surface area contributed by atoms with E-state index in [9.17, 15) is 26.4 Å². The molecule has 140 valence electrons. The highest BCUT2D eigenvalue weighted by molar-refractivity contribution is 7.89. The van der Waals surface area contributed by atoms with Crippen LogP contribution in [0.25, 0.3) is 0 Å². The molecule has 2 rings (SSSR count). The summed E-state index contributed by atoms with van der Waals surface area (Å²) in [6.45, 7) is -0.403. The Balaban J connectivity index is 2.18. The second kappa shape index (κ2) is 7.65. The van der Waals surface area contributed by atoms with E-state index in [1.54, 1.807) is 0 Å². The Morgan fingerprint density at radius 3 is 2.50 bits per heavy atom. The van der Waals surface area contributed by atoms with Crippen LogP contribution in [0, 0.1) is 0 Å². The lowest BCUT2D eigenvalue weighted by atomic mass is 10.1. The van der Waals surface area contributed by atoms with Crippen LogP contribution in [0.2, 0.25) is 5.02 Å². The second-order valence-electron chi connectivity index (χ2n) is 5.13. The molecule has 0 saturated carbocycles. The van der Waals surface area contributed by atoms with E-state index in [2.05, 4.69) is 4.72 Å². The summed E-state index contributed by atoms with van der Waals surface area (Å²) in [6, 6.07) is 7.85. The van der Waals surface area contributed by atoms with Crippen molar-refractivity contribution in [1.29, 1.82) is 0 Å². The molecule has 0 fully saturated rings. The zero-order valence-corrected chi connectivity index (χ0v) is 14.9. The quantitative estimate of drug-likeness (QED) is 0.768. The number of benzene rings is 2. The lowest BCUT2D eigenvalue weighted by Gasteiger charge is -2.10. The summed E-state index contributed by atoms with van der Waals surface area (Å²) in [5.41, 5.74) is -0.819. The third kappa shape index (κ3) is 4.75. The molecule has 10 heteroatoms. The van der Waals surface area contributed by atoms with Crippen LogP contribution in [0.5, 0.6) is 0 Å². The van der Waals surface area contributed by atoms with Crippen LogP contribution in [0.3, 0.4) is 0 Å². The molecule has 0 aliphatic heterocycles. The molecular weight excluding hydrogens is 395 g/mol. The smallest absolute Gasteiger partial charge is 0.416 e. The van der Waals surface area contributed by atoms with Crippen molar-refractivity contribution in [3.63, 3.8) is 0 Å². The first-order valence-corrected chi connectivity index (χ1v) is 8.97. The monoisotopic (exact) mass is 407 g/mol. The van der Waals surface area contributed by atoms with Gasteiger partial charge in [0.1, 0.15) is 11.5 Å². The zero-order chi connectivity index (χ0) is 19.5. The average molecular weight is 408 g/mol. The van der Waals surface area contributed by atoms with E-state index in [0.29, 0.717) is 0 Å². The Morgan fingerprint density at radius 1 is 1.19 bits per heavy atom. The number of esters is 1. The van der Waals surface area contributed by atoms with E-state index >= 15 is 0 Å². The molecule has 1 N–H and O–H groups in total. The predicted octanol–water partition coefficient (Wildman–Crippen LogP) is 3.62. The van der Waals surface area contributed by atoms with Crippen molar-refractivity contribution in [1.82, 2.24) is 4.72 Å². The number of hydrogen-bond acceptors (Lipinski definition) is 4. The Hall–Kier alpha value is -2.10. The number of rotatable bonds is 5. The Kier molecular flexibility index (Phi) is 5.94. The maximum Gasteiger partial charge on any atom is 0.416 e. The van der Waals surface area contributed by atoms with Crippen molar-refractivity contribution in [2.75, 3.05) is 7.05 Å². The van der Waals surface area contributed by atoms with E-state index in [1.165, 1.54) is 31.3 Å². The molecule has 2 aromatic carbocycles. The number of ether oxygens (including phenoxy) is 1. The van der Waals surface area contributed by atoms with Gasteiger partial charge in [-0.2, -0.15) is 13.2 Å². The van der Waals surface area contributed by atoms with Crippen LogP contribution in [0.15, 0.2) is 47.4 Å². The molecule has 0 unspecified atom stereocenters. The minimum Gasteiger partial charge on any atom is -0.457 e. The number of alkyl halides is 3. The number of nitrogens with one attached hydrogen (secondary N) is 1. The van der Waals surface area contributed by atoms with Gasteiger partial charge in [0.05, 0.1) is 16.1 Å². The number of carbonyl (C=O) groups is 1. The normalized spacial score (nSPS) is 12.0. The standard InChI is InChI=1S/C16H13ClF3NO4S/c1-21-26(23,24)14-8-11(5-6-13(14)17)15(22)25-9-10-3-2-4-12(7-10)16(18,19)20/h2-8,21H,9H2,1H3. The van der Waals surface area contributed by atoms with Crippen LogP contribution in [0.1, 0.15) is 21.5 Å². The first-order chi connectivity index (χ1) is 12.0. The molecule has 0 aromatic heterocycles. The number of hydrogen-bond donors (Lipinski definition) is 1. The molecule has 0 aliphatic carbocycles. The highest BCUT2D eigenvalue weighted by Crippen LogP contribution is 2.29. The Morgan fingerprint density at radius 2 is 1.88 bits per heavy atom. The van der Waals surface area contributed by atoms with E-state index in [-0.39, 0.29) is 21.0 Å². The molecule has 0 aliphatic rings. The van der Waals surface area contributed by atoms with Gasteiger partial charge in [0.2, 0.25) is 10.0 Å². The molecule has 0 atom stereocenters. The summed E-state index contributed by atoms with van der Waals surface area (Å²) < 4.78 is 68.8. The maximum atomic E-state index is 12.7. The third-order valence-electron chi connectivity index (χ3n) is 3.35. The van der Waals surface area contributed by atoms with Crippen molar-refractivity contribution in [3.8, 4) is 0 Å². The van der Waals surface area contributed by atoms with Gasteiger partial charge < -0.3 is 4.74 Å². The van der Waals surface area contributed by atoms with Crippen LogP contribution < -0.4 is 4.72 Å². The van der Waals surface area contributed by atoms with Gasteiger partial charge in [-0.25, -0.2) is 17.9 Å². The van der Waals surface area contributed by atoms with E-state index in [4.69, 9.17) is 16.3 Å². The molecule has 2 aromatic rings. The van der Waals surface area contributed by atoms with Gasteiger partial charge in [-0.3, -0.25) is 0 Å². The molecule has 26 heavy (non-hydrogen) atoms. The van der Waals surface area contributed by atoms with Gasteiger partial charge in [-0.05, 0) is 42.9 Å². The SMILES string of the molecule is CNS(=O)(=O)c1cc(C(=O)OCc2cccc(C(F)(F)F)c2)ccc1Cl. The van der Waals surface area contributed by atoms with Gasteiger partial charge >= 0.3 is 12.1 Å². The van der Waals surface area contributed by atoms with Crippen molar-refractivity contribution >= 4 is 27.6 Å². The third-order valence-corrected chi connectivity index (χ3v) is 5.25. The minimum atomic E-state index is -4.51. The molecule has 0 heterocycles. The second-order valence-corrected chi connectivity index (χ2v) is 7.39. The number of carbonyl (C=O) groups excluding carboxylic acids is 1. The lowest BCUT2D eigenvalue weighted by molar-refractivity contribution is -0.137. The minimum absolute atomic E-state index is 0.0891. The van der Waals surface area contributed by atoms with Crippen LogP contribution >= 0.6 is 11.6 Å². The van der Waals surface area contributed by atoms with Gasteiger partial charge in [-0.15, -0.1) is 0 Å². The highest BCUT2D eigenvalue weighted by atomic mass is 35.5. The van der Waals surface area contributed by atoms with Crippen LogP contribution in [0.4, 0.5) is 13.2 Å². The molecule has 5 nitrogen and oxygen atoms in total. The lowest BCUT2D eigenvalue weighted by Crippen LogP contribution is -2.19. The molecule has 0 bridgehead atoms. The van der Waals surface area contributed by atoms with Crippen molar-refractivity contribution in [3.05, 3.63) is 64.2 Å². The fraction of sp³-hybridized carbons (Fsp3) is 0.188. The van der Waals surface area contributed by atoms with Gasteiger partial charge in [0, 0.05) is 0 Å².